The second kappa shape index (κ2) is 5.89. The zero-order chi connectivity index (χ0) is 17.6. The normalized spacial score (nSPS) is 18.8. The molecule has 128 valence electrons. The van der Waals surface area contributed by atoms with Crippen molar-refractivity contribution < 1.29 is 9.59 Å². The predicted octanol–water partition coefficient (Wildman–Crippen LogP) is 1.62. The van der Waals surface area contributed by atoms with E-state index in [4.69, 9.17) is 0 Å². The summed E-state index contributed by atoms with van der Waals surface area (Å²) < 4.78 is 1.82. The van der Waals surface area contributed by atoms with E-state index in [-0.39, 0.29) is 17.9 Å². The number of aryl methyl sites for hydroxylation is 1. The lowest BCUT2D eigenvalue weighted by atomic mass is 10.1. The third-order valence-electron chi connectivity index (χ3n) is 4.55. The molecule has 24 heavy (non-hydrogen) atoms. The Labute approximate surface area is 141 Å². The van der Waals surface area contributed by atoms with Crippen LogP contribution >= 0.6 is 0 Å². The van der Waals surface area contributed by atoms with Gasteiger partial charge in [-0.3, -0.25) is 9.59 Å². The molecule has 2 aromatic rings. The molecule has 0 radical (unpaired) electrons. The molecule has 2 aromatic heterocycles. The second-order valence-corrected chi connectivity index (χ2v) is 6.67. The van der Waals surface area contributed by atoms with Crippen LogP contribution in [0.5, 0.6) is 0 Å². The predicted molar refractivity (Wildman–Crippen MR) is 90.8 cm³/mol. The molecule has 2 amide bonds. The summed E-state index contributed by atoms with van der Waals surface area (Å²) in [5, 5.41) is 5.11. The molecule has 3 heterocycles. The van der Waals surface area contributed by atoms with Gasteiger partial charge >= 0.3 is 0 Å². The van der Waals surface area contributed by atoms with Gasteiger partial charge in [-0.15, -0.1) is 0 Å². The van der Waals surface area contributed by atoms with Crippen LogP contribution in [0.2, 0.25) is 0 Å². The van der Waals surface area contributed by atoms with Gasteiger partial charge in [0.1, 0.15) is 6.04 Å². The zero-order valence-electron chi connectivity index (χ0n) is 14.8. The zero-order valence-corrected chi connectivity index (χ0v) is 14.8. The van der Waals surface area contributed by atoms with E-state index < -0.39 is 6.04 Å². The van der Waals surface area contributed by atoms with Gasteiger partial charge in [-0.1, -0.05) is 0 Å². The number of hydrogen-bond acceptors (Lipinski definition) is 4. The molecule has 0 N–H and O–H groups in total. The fourth-order valence-corrected chi connectivity index (χ4v) is 3.14. The molecule has 0 aliphatic carbocycles. The van der Waals surface area contributed by atoms with E-state index >= 15 is 0 Å². The van der Waals surface area contributed by atoms with Gasteiger partial charge in [-0.25, -0.2) is 9.67 Å². The molecule has 0 unspecified atom stereocenters. The molecule has 1 atom stereocenters. The van der Waals surface area contributed by atoms with Crippen molar-refractivity contribution in [1.82, 2.24) is 24.6 Å². The van der Waals surface area contributed by atoms with Crippen LogP contribution in [0.1, 0.15) is 42.9 Å². The quantitative estimate of drug-likeness (QED) is 0.839. The topological polar surface area (TPSA) is 71.3 Å². The molecule has 0 saturated carbocycles. The minimum atomic E-state index is -0.458. The fourth-order valence-electron chi connectivity index (χ4n) is 3.14. The van der Waals surface area contributed by atoms with Crippen LogP contribution in [-0.2, 0) is 4.79 Å². The van der Waals surface area contributed by atoms with Crippen LogP contribution in [0, 0.1) is 6.92 Å². The molecular weight excluding hydrogens is 306 g/mol. The Morgan fingerprint density at radius 2 is 2.04 bits per heavy atom. The van der Waals surface area contributed by atoms with Gasteiger partial charge in [0.25, 0.3) is 5.91 Å². The van der Waals surface area contributed by atoms with E-state index in [1.54, 1.807) is 36.0 Å². The summed E-state index contributed by atoms with van der Waals surface area (Å²) in [4.78, 5) is 33.1. The Morgan fingerprint density at radius 1 is 1.33 bits per heavy atom. The van der Waals surface area contributed by atoms with Crippen molar-refractivity contribution in [2.75, 3.05) is 20.1 Å². The maximum Gasteiger partial charge on any atom is 0.255 e. The Balaban J connectivity index is 2.06. The number of pyridine rings is 1. The molecule has 1 aliphatic heterocycles. The first-order valence-electron chi connectivity index (χ1n) is 8.22. The minimum Gasteiger partial charge on any atom is -0.342 e. The Hall–Kier alpha value is -2.44. The van der Waals surface area contributed by atoms with Crippen LogP contribution in [0.15, 0.2) is 12.3 Å². The molecule has 1 fully saturated rings. The molecule has 3 rings (SSSR count). The van der Waals surface area contributed by atoms with E-state index in [1.165, 1.54) is 0 Å². The smallest absolute Gasteiger partial charge is 0.255 e. The number of nitrogens with zero attached hydrogens (tertiary/aromatic N) is 5. The number of amides is 2. The third-order valence-corrected chi connectivity index (χ3v) is 4.55. The van der Waals surface area contributed by atoms with E-state index in [9.17, 15) is 9.59 Å². The minimum absolute atomic E-state index is 0.0329. The number of rotatable bonds is 2. The number of piperazine rings is 1. The fraction of sp³-hybridized carbons (Fsp3) is 0.529. The van der Waals surface area contributed by atoms with Gasteiger partial charge in [-0.2, -0.15) is 5.10 Å². The average molecular weight is 329 g/mol. The van der Waals surface area contributed by atoms with E-state index in [1.807, 2.05) is 25.5 Å². The van der Waals surface area contributed by atoms with Gasteiger partial charge in [-0.05, 0) is 33.8 Å². The van der Waals surface area contributed by atoms with Crippen LogP contribution in [0.25, 0.3) is 11.0 Å². The van der Waals surface area contributed by atoms with Crippen LogP contribution in [0.3, 0.4) is 0 Å². The van der Waals surface area contributed by atoms with Gasteiger partial charge in [0.15, 0.2) is 5.65 Å². The van der Waals surface area contributed by atoms with Crippen LogP contribution in [-0.4, -0.2) is 62.6 Å². The van der Waals surface area contributed by atoms with Crippen molar-refractivity contribution in [2.45, 2.75) is 39.8 Å². The van der Waals surface area contributed by atoms with Gasteiger partial charge in [0.2, 0.25) is 5.91 Å². The molecular formula is C17H23N5O2. The molecule has 0 aromatic carbocycles. The van der Waals surface area contributed by atoms with Crippen molar-refractivity contribution in [3.05, 3.63) is 23.5 Å². The Morgan fingerprint density at radius 3 is 2.71 bits per heavy atom. The number of aromatic nitrogens is 3. The first kappa shape index (κ1) is 16.4. The summed E-state index contributed by atoms with van der Waals surface area (Å²) in [7, 11) is 1.77. The summed E-state index contributed by atoms with van der Waals surface area (Å²) in [5.41, 5.74) is 2.04. The first-order valence-corrected chi connectivity index (χ1v) is 8.22. The van der Waals surface area contributed by atoms with Crippen LogP contribution < -0.4 is 0 Å². The lowest BCUT2D eigenvalue weighted by Crippen LogP contribution is -2.56. The van der Waals surface area contributed by atoms with E-state index in [2.05, 4.69) is 10.1 Å². The van der Waals surface area contributed by atoms with Crippen molar-refractivity contribution in [3.8, 4) is 0 Å². The highest BCUT2D eigenvalue weighted by Gasteiger charge is 2.34. The molecule has 0 spiro atoms. The second-order valence-electron chi connectivity index (χ2n) is 6.67. The summed E-state index contributed by atoms with van der Waals surface area (Å²) in [6.07, 6.45) is 1.69. The summed E-state index contributed by atoms with van der Waals surface area (Å²) >= 11 is 0. The molecule has 7 nitrogen and oxygen atoms in total. The van der Waals surface area contributed by atoms with Crippen molar-refractivity contribution >= 4 is 22.8 Å². The lowest BCUT2D eigenvalue weighted by Gasteiger charge is -2.37. The summed E-state index contributed by atoms with van der Waals surface area (Å²) in [6, 6.07) is 1.48. The summed E-state index contributed by atoms with van der Waals surface area (Å²) in [6.45, 7) is 8.78. The summed E-state index contributed by atoms with van der Waals surface area (Å²) in [5.74, 6) is -0.169. The number of carbonyl (C=O) groups excluding carboxylic acids is 2. The van der Waals surface area contributed by atoms with Gasteiger partial charge < -0.3 is 9.80 Å². The van der Waals surface area contributed by atoms with Gasteiger partial charge in [0.05, 0.1) is 17.1 Å². The average Bonchev–Trinajstić information content (AvgIpc) is 2.95. The highest BCUT2D eigenvalue weighted by atomic mass is 16.2. The number of fused-ring (bicyclic) bond motifs is 1. The number of carbonyl (C=O) groups is 2. The maximum absolute atomic E-state index is 13.1. The Bertz CT molecular complexity index is 811. The van der Waals surface area contributed by atoms with Crippen molar-refractivity contribution in [3.63, 3.8) is 0 Å². The van der Waals surface area contributed by atoms with E-state index in [0.717, 1.165) is 11.1 Å². The lowest BCUT2D eigenvalue weighted by molar-refractivity contribution is -0.137. The monoisotopic (exact) mass is 329 g/mol. The molecule has 1 aliphatic rings. The van der Waals surface area contributed by atoms with Gasteiger partial charge in [0, 0.05) is 31.9 Å². The Kier molecular flexibility index (Phi) is 4.03. The molecule has 7 heteroatoms. The molecule has 0 bridgehead atoms. The van der Waals surface area contributed by atoms with Crippen molar-refractivity contribution in [2.24, 2.45) is 0 Å². The van der Waals surface area contributed by atoms with Crippen molar-refractivity contribution in [1.29, 1.82) is 0 Å². The van der Waals surface area contributed by atoms with E-state index in [0.29, 0.717) is 24.3 Å². The maximum atomic E-state index is 13.1. The highest BCUT2D eigenvalue weighted by Crippen LogP contribution is 2.24. The van der Waals surface area contributed by atoms with Crippen LogP contribution in [0.4, 0.5) is 0 Å². The standard InChI is InChI=1S/C17H23N5O2/c1-10(2)22-15-14(9-18-22)13(8-11(3)19-15)17(24)21-7-6-20(5)16(23)12(21)4/h8-10,12H,6-7H2,1-5H3/t12-/m0/s1. The molecule has 1 saturated heterocycles. The highest BCUT2D eigenvalue weighted by molar-refractivity contribution is 6.07. The third kappa shape index (κ3) is 2.53. The largest absolute Gasteiger partial charge is 0.342 e. The first-order chi connectivity index (χ1) is 11.3. The number of likely N-dealkylation sites (N-methyl/N-ethyl adjacent to an activating group) is 1. The number of hydrogen-bond donors (Lipinski definition) is 0. The SMILES string of the molecule is Cc1cc(C(=O)N2CCN(C)C(=O)[C@@H]2C)c2cnn(C(C)C)c2n1.